The van der Waals surface area contributed by atoms with Crippen molar-refractivity contribution in [1.82, 2.24) is 4.98 Å². The smallest absolute Gasteiger partial charge is 0.126 e. The first-order valence-corrected chi connectivity index (χ1v) is 7.16. The summed E-state index contributed by atoms with van der Waals surface area (Å²) in [6, 6.07) is 9.01. The Hall–Kier alpha value is -1.94. The van der Waals surface area contributed by atoms with Crippen LogP contribution < -0.4 is 4.90 Å². The van der Waals surface area contributed by atoms with Crippen molar-refractivity contribution in [3.05, 3.63) is 59.2 Å². The minimum Gasteiger partial charge on any atom is -0.389 e. The first-order chi connectivity index (χ1) is 10.0. The molecule has 3 nitrogen and oxygen atoms in total. The largest absolute Gasteiger partial charge is 0.389 e. The zero-order valence-corrected chi connectivity index (χ0v) is 12.7. The Kier molecular flexibility index (Phi) is 4.91. The summed E-state index contributed by atoms with van der Waals surface area (Å²) in [5, 5.41) is 9.92. The summed E-state index contributed by atoms with van der Waals surface area (Å²) in [5.74, 6) is -0.288. The van der Waals surface area contributed by atoms with E-state index in [0.717, 1.165) is 17.9 Å². The van der Waals surface area contributed by atoms with Crippen molar-refractivity contribution in [2.24, 2.45) is 0 Å². The van der Waals surface area contributed by atoms with E-state index in [4.69, 9.17) is 0 Å². The normalized spacial score (nSPS) is 12.2. The molecule has 0 unspecified atom stereocenters. The van der Waals surface area contributed by atoms with Gasteiger partial charge in [-0.05, 0) is 50.6 Å². The number of halogens is 1. The Morgan fingerprint density at radius 1 is 1.33 bits per heavy atom. The number of hydrogen-bond acceptors (Lipinski definition) is 3. The van der Waals surface area contributed by atoms with E-state index in [0.29, 0.717) is 17.7 Å². The Morgan fingerprint density at radius 3 is 2.67 bits per heavy atom. The lowest BCUT2D eigenvalue weighted by molar-refractivity contribution is 0.199. The molecule has 4 heteroatoms. The van der Waals surface area contributed by atoms with Crippen LogP contribution in [0.25, 0.3) is 0 Å². The van der Waals surface area contributed by atoms with Gasteiger partial charge in [0.2, 0.25) is 0 Å². The molecular formula is C17H21FN2O. The summed E-state index contributed by atoms with van der Waals surface area (Å²) in [7, 11) is 0. The van der Waals surface area contributed by atoms with Crippen molar-refractivity contribution in [3.8, 4) is 0 Å². The van der Waals surface area contributed by atoms with E-state index in [9.17, 15) is 9.50 Å². The van der Waals surface area contributed by atoms with Crippen LogP contribution in [0, 0.1) is 12.7 Å². The maximum atomic E-state index is 13.8. The second-order valence-corrected chi connectivity index (χ2v) is 5.17. The van der Waals surface area contributed by atoms with E-state index in [-0.39, 0.29) is 5.82 Å². The standard InChI is InChI=1S/C17H21FN2O/c1-4-20(11-14-7-5-6-8-19-14)17-9-12(2)16(18)10-15(17)13(3)21/h5-10,13,21H,4,11H2,1-3H3/t13-/m1/s1. The molecule has 0 amide bonds. The van der Waals surface area contributed by atoms with Crippen LogP contribution in [0.5, 0.6) is 0 Å². The van der Waals surface area contributed by atoms with E-state index in [2.05, 4.69) is 9.88 Å². The van der Waals surface area contributed by atoms with Gasteiger partial charge in [0.1, 0.15) is 5.82 Å². The molecule has 0 spiro atoms. The average Bonchev–Trinajstić information content (AvgIpc) is 2.48. The summed E-state index contributed by atoms with van der Waals surface area (Å²) < 4.78 is 13.8. The molecule has 1 atom stereocenters. The molecule has 1 N–H and O–H groups in total. The van der Waals surface area contributed by atoms with E-state index < -0.39 is 6.10 Å². The highest BCUT2D eigenvalue weighted by atomic mass is 19.1. The zero-order chi connectivity index (χ0) is 15.4. The first-order valence-electron chi connectivity index (χ1n) is 7.16. The van der Waals surface area contributed by atoms with Crippen molar-refractivity contribution in [3.63, 3.8) is 0 Å². The number of benzene rings is 1. The second kappa shape index (κ2) is 6.68. The molecule has 1 heterocycles. The van der Waals surface area contributed by atoms with Gasteiger partial charge < -0.3 is 10.0 Å². The minimum atomic E-state index is -0.715. The lowest BCUT2D eigenvalue weighted by atomic mass is 10.0. The van der Waals surface area contributed by atoms with E-state index >= 15 is 0 Å². The Bertz CT molecular complexity index is 599. The molecule has 0 aliphatic heterocycles. The predicted octanol–water partition coefficient (Wildman–Crippen LogP) is 3.61. The van der Waals surface area contributed by atoms with E-state index in [1.165, 1.54) is 6.07 Å². The van der Waals surface area contributed by atoms with Crippen molar-refractivity contribution in [2.45, 2.75) is 33.4 Å². The number of hydrogen-bond donors (Lipinski definition) is 1. The quantitative estimate of drug-likeness (QED) is 0.913. The fourth-order valence-corrected chi connectivity index (χ4v) is 2.34. The number of aryl methyl sites for hydroxylation is 1. The van der Waals surface area contributed by atoms with Crippen LogP contribution in [0.2, 0.25) is 0 Å². The van der Waals surface area contributed by atoms with Gasteiger partial charge in [0, 0.05) is 24.0 Å². The van der Waals surface area contributed by atoms with Crippen LogP contribution in [0.3, 0.4) is 0 Å². The molecule has 0 saturated heterocycles. The molecule has 0 saturated carbocycles. The molecular weight excluding hydrogens is 267 g/mol. The summed E-state index contributed by atoms with van der Waals surface area (Å²) >= 11 is 0. The van der Waals surface area contributed by atoms with Gasteiger partial charge in [-0.15, -0.1) is 0 Å². The number of anilines is 1. The molecule has 112 valence electrons. The SMILES string of the molecule is CCN(Cc1ccccn1)c1cc(C)c(F)cc1[C@@H](C)O. The topological polar surface area (TPSA) is 36.4 Å². The summed E-state index contributed by atoms with van der Waals surface area (Å²) in [6.45, 7) is 6.80. The van der Waals surface area contributed by atoms with Gasteiger partial charge in [0.15, 0.2) is 0 Å². The van der Waals surface area contributed by atoms with Gasteiger partial charge in [-0.3, -0.25) is 4.98 Å². The number of aromatic nitrogens is 1. The molecule has 0 aliphatic carbocycles. The van der Waals surface area contributed by atoms with Crippen molar-refractivity contribution in [2.75, 3.05) is 11.4 Å². The lowest BCUT2D eigenvalue weighted by Gasteiger charge is -2.27. The van der Waals surface area contributed by atoms with Crippen LogP contribution in [0.15, 0.2) is 36.5 Å². The first kappa shape index (κ1) is 15.4. The average molecular weight is 288 g/mol. The Labute approximate surface area is 125 Å². The lowest BCUT2D eigenvalue weighted by Crippen LogP contribution is -2.24. The second-order valence-electron chi connectivity index (χ2n) is 5.17. The number of pyridine rings is 1. The maximum absolute atomic E-state index is 13.8. The molecule has 2 rings (SSSR count). The third-order valence-electron chi connectivity index (χ3n) is 3.56. The molecule has 1 aromatic heterocycles. The van der Waals surface area contributed by atoms with Gasteiger partial charge in [-0.1, -0.05) is 6.07 Å². The van der Waals surface area contributed by atoms with Crippen molar-refractivity contribution < 1.29 is 9.50 Å². The maximum Gasteiger partial charge on any atom is 0.126 e. The molecule has 0 fully saturated rings. The van der Waals surface area contributed by atoms with Gasteiger partial charge in [-0.2, -0.15) is 0 Å². The van der Waals surface area contributed by atoms with Gasteiger partial charge >= 0.3 is 0 Å². The Morgan fingerprint density at radius 2 is 2.10 bits per heavy atom. The number of nitrogens with zero attached hydrogens (tertiary/aromatic N) is 2. The number of aliphatic hydroxyl groups excluding tert-OH is 1. The Balaban J connectivity index is 2.39. The fraction of sp³-hybridized carbons (Fsp3) is 0.353. The van der Waals surface area contributed by atoms with Gasteiger partial charge in [0.25, 0.3) is 0 Å². The highest BCUT2D eigenvalue weighted by Crippen LogP contribution is 2.30. The van der Waals surface area contributed by atoms with E-state index in [1.807, 2.05) is 25.1 Å². The minimum absolute atomic E-state index is 0.288. The van der Waals surface area contributed by atoms with Crippen LogP contribution in [-0.4, -0.2) is 16.6 Å². The molecule has 1 aromatic carbocycles. The molecule has 21 heavy (non-hydrogen) atoms. The third-order valence-corrected chi connectivity index (χ3v) is 3.56. The highest BCUT2D eigenvalue weighted by molar-refractivity contribution is 5.56. The molecule has 0 bridgehead atoms. The number of aliphatic hydroxyl groups is 1. The zero-order valence-electron chi connectivity index (χ0n) is 12.7. The monoisotopic (exact) mass is 288 g/mol. The highest BCUT2D eigenvalue weighted by Gasteiger charge is 2.16. The van der Waals surface area contributed by atoms with Crippen LogP contribution >= 0.6 is 0 Å². The third kappa shape index (κ3) is 3.58. The summed E-state index contributed by atoms with van der Waals surface area (Å²) in [4.78, 5) is 6.42. The van der Waals surface area contributed by atoms with Crippen LogP contribution in [-0.2, 0) is 6.54 Å². The summed E-state index contributed by atoms with van der Waals surface area (Å²) in [6.07, 6.45) is 1.04. The van der Waals surface area contributed by atoms with Gasteiger partial charge in [0.05, 0.1) is 18.3 Å². The van der Waals surface area contributed by atoms with Crippen LogP contribution in [0.4, 0.5) is 10.1 Å². The molecule has 2 aromatic rings. The number of rotatable bonds is 5. The predicted molar refractivity (Wildman–Crippen MR) is 82.7 cm³/mol. The van der Waals surface area contributed by atoms with E-state index in [1.54, 1.807) is 26.1 Å². The summed E-state index contributed by atoms with van der Waals surface area (Å²) in [5.41, 5.74) is 2.99. The molecule has 0 aliphatic rings. The molecule has 0 radical (unpaired) electrons. The van der Waals surface area contributed by atoms with Crippen molar-refractivity contribution >= 4 is 5.69 Å². The fourth-order valence-electron chi connectivity index (χ4n) is 2.34. The van der Waals surface area contributed by atoms with Crippen LogP contribution in [0.1, 0.15) is 36.8 Å². The van der Waals surface area contributed by atoms with Gasteiger partial charge in [-0.25, -0.2) is 4.39 Å². The van der Waals surface area contributed by atoms with Crippen molar-refractivity contribution in [1.29, 1.82) is 0 Å².